The number of hydrogen-bond acceptors (Lipinski definition) is 2. The molecule has 0 atom stereocenters. The summed E-state index contributed by atoms with van der Waals surface area (Å²) in [6.45, 7) is 0. The number of alkyl halides is 3. The Morgan fingerprint density at radius 2 is 1.80 bits per heavy atom. The topological polar surface area (TPSA) is 24.4 Å². The summed E-state index contributed by atoms with van der Waals surface area (Å²) in [4.78, 5) is 0. The summed E-state index contributed by atoms with van der Waals surface area (Å²) in [7, 11) is 0. The van der Waals surface area contributed by atoms with Crippen molar-refractivity contribution in [1.29, 1.82) is 0 Å². The van der Waals surface area contributed by atoms with Crippen molar-refractivity contribution in [2.24, 2.45) is 5.10 Å². The minimum atomic E-state index is -4.36. The Labute approximate surface area is 122 Å². The molecule has 104 valence electrons. The Balaban J connectivity index is 2.08. The highest BCUT2D eigenvalue weighted by Gasteiger charge is 2.30. The fraction of sp³-hybridized carbons (Fsp3) is 0.0714. The smallest absolute Gasteiger partial charge is 0.278 e. The zero-order chi connectivity index (χ0) is 14.6. The fourth-order valence-corrected chi connectivity index (χ4v) is 1.95. The van der Waals surface area contributed by atoms with Crippen LogP contribution in [0, 0.1) is 0 Å². The molecule has 0 amide bonds. The van der Waals surface area contributed by atoms with E-state index in [4.69, 9.17) is 0 Å². The Hall–Kier alpha value is -1.82. The summed E-state index contributed by atoms with van der Waals surface area (Å²) in [5, 5.41) is 3.91. The summed E-state index contributed by atoms with van der Waals surface area (Å²) in [6.07, 6.45) is -2.82. The average molecular weight is 343 g/mol. The Morgan fingerprint density at radius 3 is 2.50 bits per heavy atom. The molecule has 0 bridgehead atoms. The van der Waals surface area contributed by atoms with Gasteiger partial charge >= 0.3 is 6.18 Å². The van der Waals surface area contributed by atoms with Crippen LogP contribution in [0.4, 0.5) is 18.9 Å². The van der Waals surface area contributed by atoms with Gasteiger partial charge in [0.05, 0.1) is 17.5 Å². The number of benzene rings is 2. The predicted octanol–water partition coefficient (Wildman–Crippen LogP) is 4.91. The van der Waals surface area contributed by atoms with Gasteiger partial charge in [0.25, 0.3) is 0 Å². The molecule has 0 heterocycles. The Morgan fingerprint density at radius 1 is 1.05 bits per heavy atom. The van der Waals surface area contributed by atoms with Gasteiger partial charge in [-0.2, -0.15) is 18.3 Å². The van der Waals surface area contributed by atoms with E-state index in [0.29, 0.717) is 0 Å². The fourth-order valence-electron chi connectivity index (χ4n) is 1.53. The van der Waals surface area contributed by atoms with Gasteiger partial charge in [0.1, 0.15) is 0 Å². The lowest BCUT2D eigenvalue weighted by molar-refractivity contribution is -0.137. The first kappa shape index (κ1) is 14.6. The molecule has 0 aliphatic carbocycles. The van der Waals surface area contributed by atoms with Crippen molar-refractivity contribution in [3.8, 4) is 0 Å². The lowest BCUT2D eigenvalue weighted by Gasteiger charge is -2.07. The number of hydrazone groups is 1. The minimum absolute atomic E-state index is 0.283. The highest BCUT2D eigenvalue weighted by atomic mass is 79.9. The predicted molar refractivity (Wildman–Crippen MR) is 76.8 cm³/mol. The molecule has 0 aliphatic heterocycles. The van der Waals surface area contributed by atoms with E-state index < -0.39 is 11.7 Å². The molecule has 2 aromatic rings. The van der Waals surface area contributed by atoms with E-state index in [1.54, 1.807) is 0 Å². The van der Waals surface area contributed by atoms with E-state index in [0.717, 1.165) is 22.2 Å². The maximum Gasteiger partial charge on any atom is 0.416 e. The first-order valence-corrected chi connectivity index (χ1v) is 6.46. The van der Waals surface area contributed by atoms with E-state index in [2.05, 4.69) is 26.5 Å². The molecule has 2 aromatic carbocycles. The number of hydrogen-bond donors (Lipinski definition) is 1. The van der Waals surface area contributed by atoms with Gasteiger partial charge in [-0.25, -0.2) is 0 Å². The number of halogens is 4. The standard InChI is InChI=1S/C14H10BrF3N2/c15-12-5-1-3-10(7-12)9-19-20-13-6-2-4-11(8-13)14(16,17)18/h1-9,20H/b19-9+. The van der Waals surface area contributed by atoms with Gasteiger partial charge in [-0.05, 0) is 35.9 Å². The Kier molecular flexibility index (Phi) is 4.44. The second-order valence-electron chi connectivity index (χ2n) is 4.00. The number of anilines is 1. The normalized spacial score (nSPS) is 11.8. The van der Waals surface area contributed by atoms with E-state index in [9.17, 15) is 13.2 Å². The summed E-state index contributed by atoms with van der Waals surface area (Å²) in [6, 6.07) is 12.3. The second-order valence-corrected chi connectivity index (χ2v) is 4.92. The van der Waals surface area contributed by atoms with Gasteiger partial charge in [0, 0.05) is 4.47 Å². The van der Waals surface area contributed by atoms with Crippen LogP contribution in [0.25, 0.3) is 0 Å². The van der Waals surface area contributed by atoms with E-state index in [-0.39, 0.29) is 5.69 Å². The van der Waals surface area contributed by atoms with Gasteiger partial charge in [-0.1, -0.05) is 34.1 Å². The number of rotatable bonds is 3. The van der Waals surface area contributed by atoms with Crippen LogP contribution in [-0.2, 0) is 6.18 Å². The SMILES string of the molecule is FC(F)(F)c1cccc(N/N=C/c2cccc(Br)c2)c1. The van der Waals surface area contributed by atoms with Gasteiger partial charge in [-0.3, -0.25) is 5.43 Å². The molecule has 6 heteroatoms. The van der Waals surface area contributed by atoms with Crippen molar-refractivity contribution >= 4 is 27.8 Å². The maximum atomic E-state index is 12.5. The Bertz CT molecular complexity index is 624. The van der Waals surface area contributed by atoms with Gasteiger partial charge in [0.2, 0.25) is 0 Å². The van der Waals surface area contributed by atoms with E-state index >= 15 is 0 Å². The molecular weight excluding hydrogens is 333 g/mol. The van der Waals surface area contributed by atoms with Crippen molar-refractivity contribution in [1.82, 2.24) is 0 Å². The van der Waals surface area contributed by atoms with Crippen LogP contribution < -0.4 is 5.43 Å². The van der Waals surface area contributed by atoms with Crippen LogP contribution in [0.2, 0.25) is 0 Å². The lowest BCUT2D eigenvalue weighted by Crippen LogP contribution is -2.05. The summed E-state index contributed by atoms with van der Waals surface area (Å²) in [5.74, 6) is 0. The second kappa shape index (κ2) is 6.09. The average Bonchev–Trinajstić information content (AvgIpc) is 2.38. The van der Waals surface area contributed by atoms with Crippen LogP contribution in [0.1, 0.15) is 11.1 Å². The number of nitrogens with one attached hydrogen (secondary N) is 1. The molecular formula is C14H10BrF3N2. The van der Waals surface area contributed by atoms with Crippen molar-refractivity contribution in [3.63, 3.8) is 0 Å². The molecule has 0 unspecified atom stereocenters. The van der Waals surface area contributed by atoms with Crippen LogP contribution in [0.15, 0.2) is 58.1 Å². The molecule has 0 saturated carbocycles. The summed E-state index contributed by atoms with van der Waals surface area (Å²) in [5.41, 5.74) is 2.99. The first-order chi connectivity index (χ1) is 9.45. The molecule has 0 aromatic heterocycles. The van der Waals surface area contributed by atoms with Crippen molar-refractivity contribution < 1.29 is 13.2 Å². The molecule has 2 rings (SSSR count). The van der Waals surface area contributed by atoms with Crippen LogP contribution in [-0.4, -0.2) is 6.21 Å². The number of nitrogens with zero attached hydrogens (tertiary/aromatic N) is 1. The largest absolute Gasteiger partial charge is 0.416 e. The highest BCUT2D eigenvalue weighted by Crippen LogP contribution is 2.30. The molecule has 0 saturated heterocycles. The molecule has 1 N–H and O–H groups in total. The highest BCUT2D eigenvalue weighted by molar-refractivity contribution is 9.10. The van der Waals surface area contributed by atoms with E-state index in [1.165, 1.54) is 18.3 Å². The van der Waals surface area contributed by atoms with Gasteiger partial charge in [-0.15, -0.1) is 0 Å². The summed E-state index contributed by atoms with van der Waals surface area (Å²) >= 11 is 3.32. The molecule has 0 radical (unpaired) electrons. The van der Waals surface area contributed by atoms with Crippen molar-refractivity contribution in [2.75, 3.05) is 5.43 Å². The van der Waals surface area contributed by atoms with Crippen molar-refractivity contribution in [2.45, 2.75) is 6.18 Å². The zero-order valence-electron chi connectivity index (χ0n) is 10.2. The first-order valence-electron chi connectivity index (χ1n) is 5.67. The third-order valence-electron chi connectivity index (χ3n) is 2.45. The van der Waals surface area contributed by atoms with E-state index in [1.807, 2.05) is 24.3 Å². The molecule has 20 heavy (non-hydrogen) atoms. The molecule has 0 fully saturated rings. The minimum Gasteiger partial charge on any atom is -0.278 e. The molecule has 2 nitrogen and oxygen atoms in total. The maximum absolute atomic E-state index is 12.5. The summed E-state index contributed by atoms with van der Waals surface area (Å²) < 4.78 is 38.5. The third kappa shape index (κ3) is 4.09. The third-order valence-corrected chi connectivity index (χ3v) is 2.94. The van der Waals surface area contributed by atoms with Crippen molar-refractivity contribution in [3.05, 3.63) is 64.1 Å². The van der Waals surface area contributed by atoms with Crippen LogP contribution in [0.5, 0.6) is 0 Å². The molecule has 0 aliphatic rings. The molecule has 0 spiro atoms. The van der Waals surface area contributed by atoms with Crippen LogP contribution in [0.3, 0.4) is 0 Å². The lowest BCUT2D eigenvalue weighted by atomic mass is 10.2. The monoisotopic (exact) mass is 342 g/mol. The quantitative estimate of drug-likeness (QED) is 0.621. The van der Waals surface area contributed by atoms with Gasteiger partial charge < -0.3 is 0 Å². The van der Waals surface area contributed by atoms with Crippen LogP contribution >= 0.6 is 15.9 Å². The van der Waals surface area contributed by atoms with Gasteiger partial charge in [0.15, 0.2) is 0 Å². The zero-order valence-corrected chi connectivity index (χ0v) is 11.7.